The van der Waals surface area contributed by atoms with Gasteiger partial charge in [-0.15, -0.1) is 0 Å². The van der Waals surface area contributed by atoms with Crippen LogP contribution in [0.25, 0.3) is 10.9 Å². The number of aromatic nitrogens is 1. The Balaban J connectivity index is 1.55. The van der Waals surface area contributed by atoms with Gasteiger partial charge in [0.1, 0.15) is 11.8 Å². The summed E-state index contributed by atoms with van der Waals surface area (Å²) in [5.74, 6) is -0.0408. The Kier molecular flexibility index (Phi) is 6.71. The summed E-state index contributed by atoms with van der Waals surface area (Å²) in [6, 6.07) is 16.9. The van der Waals surface area contributed by atoms with Gasteiger partial charge in [-0.05, 0) is 48.3 Å². The highest BCUT2D eigenvalue weighted by Crippen LogP contribution is 2.45. The van der Waals surface area contributed by atoms with Crippen LogP contribution in [-0.2, 0) is 41.1 Å². The highest BCUT2D eigenvalue weighted by Gasteiger charge is 2.43. The van der Waals surface area contributed by atoms with Crippen molar-refractivity contribution in [3.05, 3.63) is 70.9 Å². The maximum atomic E-state index is 12.2. The Morgan fingerprint density at radius 2 is 1.97 bits per heavy atom. The Bertz CT molecular complexity index is 1200. The molecule has 1 aromatic heterocycles. The van der Waals surface area contributed by atoms with Crippen molar-refractivity contribution in [1.29, 1.82) is 0 Å². The molecule has 2 aliphatic rings. The Morgan fingerprint density at radius 1 is 1.17 bits per heavy atom. The van der Waals surface area contributed by atoms with Crippen molar-refractivity contribution in [3.8, 4) is 0 Å². The fourth-order valence-corrected chi connectivity index (χ4v) is 6.38. The van der Waals surface area contributed by atoms with Crippen LogP contribution >= 0.6 is 0 Å². The van der Waals surface area contributed by atoms with Crippen LogP contribution in [0.5, 0.6) is 0 Å². The van der Waals surface area contributed by atoms with Crippen LogP contribution in [0.2, 0.25) is 0 Å². The van der Waals surface area contributed by atoms with E-state index in [0.717, 1.165) is 44.6 Å². The fourth-order valence-electron chi connectivity index (χ4n) is 6.38. The Labute approximate surface area is 207 Å². The molecule has 1 saturated heterocycles. The number of nitrogens with two attached hydrogens (primary N) is 1. The molecule has 6 heteroatoms. The van der Waals surface area contributed by atoms with Gasteiger partial charge in [0.15, 0.2) is 0 Å². The largest absolute Gasteiger partial charge is 0.378 e. The summed E-state index contributed by atoms with van der Waals surface area (Å²) >= 11 is 0. The molecule has 2 aromatic carbocycles. The van der Waals surface area contributed by atoms with E-state index in [2.05, 4.69) is 53.6 Å². The van der Waals surface area contributed by atoms with Crippen molar-refractivity contribution in [2.45, 2.75) is 70.9 Å². The monoisotopic (exact) mass is 475 g/mol. The number of aryl methyl sites for hydroxylation is 1. The topological polar surface area (TPSA) is 80.7 Å². The highest BCUT2D eigenvalue weighted by atomic mass is 16.5. The number of carbonyl (C=O) groups is 1. The normalized spacial score (nSPS) is 24.7. The molecule has 5 rings (SSSR count). The zero-order valence-electron chi connectivity index (χ0n) is 20.9. The third kappa shape index (κ3) is 4.39. The van der Waals surface area contributed by atoms with E-state index in [1.54, 1.807) is 0 Å². The predicted molar refractivity (Wildman–Crippen MR) is 138 cm³/mol. The lowest BCUT2D eigenvalue weighted by Gasteiger charge is -2.38. The third-order valence-electron chi connectivity index (χ3n) is 7.97. The van der Waals surface area contributed by atoms with Crippen LogP contribution in [0.15, 0.2) is 48.5 Å². The van der Waals surface area contributed by atoms with Crippen molar-refractivity contribution in [3.63, 3.8) is 0 Å². The lowest BCUT2D eigenvalue weighted by Crippen LogP contribution is -2.41. The number of nitrogens with zero attached hydrogens (tertiary/aromatic N) is 2. The van der Waals surface area contributed by atoms with Crippen molar-refractivity contribution < 1.29 is 14.6 Å². The predicted octanol–water partition coefficient (Wildman–Crippen LogP) is 4.10. The Morgan fingerprint density at radius 3 is 2.69 bits per heavy atom. The van der Waals surface area contributed by atoms with Gasteiger partial charge in [-0.2, -0.15) is 0 Å². The van der Waals surface area contributed by atoms with Crippen LogP contribution < -0.4 is 5.73 Å². The first kappa shape index (κ1) is 24.0. The molecule has 0 saturated carbocycles. The van der Waals surface area contributed by atoms with Gasteiger partial charge in [0.2, 0.25) is 5.91 Å². The lowest BCUT2D eigenvalue weighted by atomic mass is 9.85. The van der Waals surface area contributed by atoms with E-state index in [1.165, 1.54) is 27.6 Å². The summed E-state index contributed by atoms with van der Waals surface area (Å²) in [5.41, 5.74) is 11.2. The molecule has 0 bridgehead atoms. The first-order valence-electron chi connectivity index (χ1n) is 13.0. The minimum atomic E-state index is -0.704. The molecule has 35 heavy (non-hydrogen) atoms. The van der Waals surface area contributed by atoms with Crippen molar-refractivity contribution in [2.75, 3.05) is 13.2 Å². The summed E-state index contributed by atoms with van der Waals surface area (Å²) in [6.07, 6.45) is 2.91. The first-order chi connectivity index (χ1) is 17.0. The molecule has 1 fully saturated rings. The molecule has 3 heterocycles. The van der Waals surface area contributed by atoms with Crippen LogP contribution in [0.1, 0.15) is 55.5 Å². The quantitative estimate of drug-likeness (QED) is 0.514. The second-order valence-electron chi connectivity index (χ2n) is 10.2. The van der Waals surface area contributed by atoms with E-state index < -0.39 is 11.8 Å². The molecule has 6 nitrogen and oxygen atoms in total. The molecule has 3 aromatic rings. The van der Waals surface area contributed by atoms with E-state index in [4.69, 9.17) is 10.5 Å². The molecule has 3 N–H and O–H groups in total. The summed E-state index contributed by atoms with van der Waals surface area (Å²) in [5, 5.41) is 12.2. The number of aliphatic hydroxyl groups excluding tert-OH is 1. The van der Waals surface area contributed by atoms with E-state index in [9.17, 15) is 9.90 Å². The SMILES string of the molecule is CCc1cccc2c3c(n(CC4CC(O)N(Cc5ccccc5)C4)c12)C(CC)(CC(N)=O)OCC3. The van der Waals surface area contributed by atoms with E-state index in [0.29, 0.717) is 18.9 Å². The first-order valence-corrected chi connectivity index (χ1v) is 13.0. The second-order valence-corrected chi connectivity index (χ2v) is 10.2. The molecule has 186 valence electrons. The van der Waals surface area contributed by atoms with E-state index in [1.807, 2.05) is 18.2 Å². The van der Waals surface area contributed by atoms with Gasteiger partial charge in [-0.3, -0.25) is 9.69 Å². The van der Waals surface area contributed by atoms with E-state index >= 15 is 0 Å². The summed E-state index contributed by atoms with van der Waals surface area (Å²) < 4.78 is 8.83. The molecule has 0 radical (unpaired) electrons. The number of hydrogen-bond donors (Lipinski definition) is 2. The zero-order valence-corrected chi connectivity index (χ0v) is 20.9. The highest BCUT2D eigenvalue weighted by molar-refractivity contribution is 5.89. The van der Waals surface area contributed by atoms with Crippen molar-refractivity contribution in [1.82, 2.24) is 9.47 Å². The number of para-hydroxylation sites is 1. The number of amides is 1. The average Bonchev–Trinajstić information content (AvgIpc) is 3.37. The number of carbonyl (C=O) groups excluding carboxylic acids is 1. The van der Waals surface area contributed by atoms with Gasteiger partial charge in [0.05, 0.1) is 24.2 Å². The van der Waals surface area contributed by atoms with Gasteiger partial charge >= 0.3 is 0 Å². The summed E-state index contributed by atoms with van der Waals surface area (Å²) in [6.45, 7) is 7.23. The van der Waals surface area contributed by atoms with Crippen LogP contribution in [0, 0.1) is 5.92 Å². The number of likely N-dealkylation sites (tertiary alicyclic amines) is 1. The van der Waals surface area contributed by atoms with Gasteiger partial charge in [0.25, 0.3) is 0 Å². The molecular weight excluding hydrogens is 438 g/mol. The lowest BCUT2D eigenvalue weighted by molar-refractivity contribution is -0.130. The molecule has 3 atom stereocenters. The molecule has 0 spiro atoms. The number of benzene rings is 2. The van der Waals surface area contributed by atoms with Gasteiger partial charge < -0.3 is 20.1 Å². The molecule has 2 aliphatic heterocycles. The second kappa shape index (κ2) is 9.76. The average molecular weight is 476 g/mol. The minimum Gasteiger partial charge on any atom is -0.378 e. The number of rotatable bonds is 8. The fraction of sp³-hybridized carbons (Fsp3) is 0.483. The number of hydrogen-bond acceptors (Lipinski definition) is 4. The number of primary amides is 1. The number of fused-ring (bicyclic) bond motifs is 3. The Hall–Kier alpha value is -2.67. The zero-order chi connectivity index (χ0) is 24.6. The molecule has 0 aliphatic carbocycles. The third-order valence-corrected chi connectivity index (χ3v) is 7.97. The van der Waals surface area contributed by atoms with Gasteiger partial charge in [-0.1, -0.05) is 62.4 Å². The standard InChI is InChI=1S/C29H37N3O3/c1-3-22-11-8-12-23-24-13-14-35-29(4-2,16-25(30)33)28(24)32(27(22)23)19-21-15-26(34)31(18-21)17-20-9-6-5-7-10-20/h5-12,21,26,34H,3-4,13-19H2,1-2H3,(H2,30,33). The number of ether oxygens (including phenoxy) is 1. The van der Waals surface area contributed by atoms with Crippen LogP contribution in [0.3, 0.4) is 0 Å². The van der Waals surface area contributed by atoms with Crippen LogP contribution in [-0.4, -0.2) is 39.9 Å². The summed E-state index contributed by atoms with van der Waals surface area (Å²) in [4.78, 5) is 14.4. The van der Waals surface area contributed by atoms with Crippen molar-refractivity contribution >= 4 is 16.8 Å². The van der Waals surface area contributed by atoms with Crippen molar-refractivity contribution in [2.24, 2.45) is 11.7 Å². The van der Waals surface area contributed by atoms with Crippen LogP contribution in [0.4, 0.5) is 0 Å². The van der Waals surface area contributed by atoms with E-state index in [-0.39, 0.29) is 12.3 Å². The molecule has 1 amide bonds. The minimum absolute atomic E-state index is 0.182. The van der Waals surface area contributed by atoms with Gasteiger partial charge in [0, 0.05) is 25.0 Å². The smallest absolute Gasteiger partial charge is 0.220 e. The molecular formula is C29H37N3O3. The van der Waals surface area contributed by atoms with Gasteiger partial charge in [-0.25, -0.2) is 0 Å². The summed E-state index contributed by atoms with van der Waals surface area (Å²) in [7, 11) is 0. The maximum Gasteiger partial charge on any atom is 0.220 e. The maximum absolute atomic E-state index is 12.2. The molecule has 3 unspecified atom stereocenters. The number of aliphatic hydroxyl groups is 1.